The molecule has 0 radical (unpaired) electrons. The number of hydrogen-bond donors (Lipinski definition) is 1. The van der Waals surface area contributed by atoms with E-state index in [9.17, 15) is 4.79 Å². The van der Waals surface area contributed by atoms with Crippen LogP contribution in [0.1, 0.15) is 40.4 Å². The number of halogens is 1. The molecule has 150 valence electrons. The number of para-hydroxylation sites is 1. The lowest BCUT2D eigenvalue weighted by molar-refractivity contribution is 0.102. The van der Waals surface area contributed by atoms with Gasteiger partial charge in [-0.1, -0.05) is 35.9 Å². The van der Waals surface area contributed by atoms with Crippen molar-refractivity contribution in [2.24, 2.45) is 0 Å². The third-order valence-corrected chi connectivity index (χ3v) is 5.67. The summed E-state index contributed by atoms with van der Waals surface area (Å²) in [4.78, 5) is 13.0. The van der Waals surface area contributed by atoms with Crippen molar-refractivity contribution in [3.05, 3.63) is 88.8 Å². The summed E-state index contributed by atoms with van der Waals surface area (Å²) >= 11 is 6.31. The lowest BCUT2D eigenvalue weighted by atomic mass is 10.1. The van der Waals surface area contributed by atoms with Gasteiger partial charge in [-0.3, -0.25) is 4.79 Å². The van der Waals surface area contributed by atoms with Gasteiger partial charge < -0.3 is 5.32 Å². The number of carbonyl (C=O) groups is 1. The van der Waals surface area contributed by atoms with Crippen LogP contribution in [-0.2, 0) is 0 Å². The number of carbonyl (C=O) groups excluding carboxylic acids is 1. The summed E-state index contributed by atoms with van der Waals surface area (Å²) in [5.74, 6) is 0.617. The molecule has 4 aromatic rings. The molecule has 1 amide bonds. The first-order valence-electron chi connectivity index (χ1n) is 9.87. The Morgan fingerprint density at radius 1 is 1.10 bits per heavy atom. The van der Waals surface area contributed by atoms with Crippen LogP contribution in [0.4, 0.5) is 5.82 Å². The van der Waals surface area contributed by atoms with Crippen LogP contribution in [0.5, 0.6) is 0 Å². The zero-order chi connectivity index (χ0) is 20.7. The largest absolute Gasteiger partial charge is 0.305 e. The maximum Gasteiger partial charge on any atom is 0.260 e. The van der Waals surface area contributed by atoms with E-state index in [0.717, 1.165) is 35.5 Å². The second-order valence-electron chi connectivity index (χ2n) is 7.50. The topological polar surface area (TPSA) is 64.7 Å². The number of aryl methyl sites for hydroxylation is 1. The highest BCUT2D eigenvalue weighted by Crippen LogP contribution is 2.42. The lowest BCUT2D eigenvalue weighted by Gasteiger charge is -2.10. The van der Waals surface area contributed by atoms with Crippen molar-refractivity contribution < 1.29 is 4.79 Å². The van der Waals surface area contributed by atoms with Gasteiger partial charge in [-0.2, -0.15) is 10.2 Å². The molecule has 5 rings (SSSR count). The smallest absolute Gasteiger partial charge is 0.260 e. The first-order valence-corrected chi connectivity index (χ1v) is 10.2. The van der Waals surface area contributed by atoms with Gasteiger partial charge in [-0.15, -0.1) is 0 Å². The van der Waals surface area contributed by atoms with Crippen molar-refractivity contribution in [3.8, 4) is 11.4 Å². The standard InChI is InChI=1S/C23H20ClN5O/c1-15-7-10-18(13-20(15)24)29-22(16-8-9-16)19(14-25-29)23(30)26-21-11-12-28(27-21)17-5-3-2-4-6-17/h2-7,10-14,16H,8-9H2,1H3,(H,26,27,30). The van der Waals surface area contributed by atoms with Crippen LogP contribution >= 0.6 is 11.6 Å². The number of nitrogens with one attached hydrogen (secondary N) is 1. The number of aromatic nitrogens is 4. The average Bonchev–Trinajstić information content (AvgIpc) is 3.32. The molecule has 1 saturated carbocycles. The molecule has 0 aliphatic heterocycles. The number of rotatable bonds is 5. The van der Waals surface area contributed by atoms with Crippen molar-refractivity contribution in [2.75, 3.05) is 5.32 Å². The normalized spacial score (nSPS) is 13.4. The molecule has 1 aliphatic rings. The van der Waals surface area contributed by atoms with Crippen LogP contribution in [0.15, 0.2) is 67.0 Å². The van der Waals surface area contributed by atoms with Gasteiger partial charge in [0.25, 0.3) is 5.91 Å². The second-order valence-corrected chi connectivity index (χ2v) is 7.91. The summed E-state index contributed by atoms with van der Waals surface area (Å²) in [6.07, 6.45) is 5.55. The van der Waals surface area contributed by atoms with Crippen molar-refractivity contribution in [1.82, 2.24) is 19.6 Å². The Labute approximate surface area is 179 Å². The number of hydrogen-bond acceptors (Lipinski definition) is 3. The van der Waals surface area contributed by atoms with Crippen molar-refractivity contribution in [3.63, 3.8) is 0 Å². The van der Waals surface area contributed by atoms with E-state index in [1.165, 1.54) is 0 Å². The molecular weight excluding hydrogens is 398 g/mol. The van der Waals surface area contributed by atoms with Crippen molar-refractivity contribution >= 4 is 23.3 Å². The quantitative estimate of drug-likeness (QED) is 0.488. The highest BCUT2D eigenvalue weighted by molar-refractivity contribution is 6.31. The van der Waals surface area contributed by atoms with E-state index in [2.05, 4.69) is 15.5 Å². The molecule has 0 saturated heterocycles. The molecule has 0 spiro atoms. The maximum absolute atomic E-state index is 13.0. The zero-order valence-electron chi connectivity index (χ0n) is 16.4. The summed E-state index contributed by atoms with van der Waals surface area (Å²) in [5, 5.41) is 12.6. The molecule has 2 heterocycles. The predicted molar refractivity (Wildman–Crippen MR) is 117 cm³/mol. The number of amides is 1. The molecular formula is C23H20ClN5O. The van der Waals surface area contributed by atoms with Crippen LogP contribution in [0.25, 0.3) is 11.4 Å². The van der Waals surface area contributed by atoms with E-state index >= 15 is 0 Å². The number of benzene rings is 2. The Hall–Kier alpha value is -3.38. The summed E-state index contributed by atoms with van der Waals surface area (Å²) < 4.78 is 3.57. The number of anilines is 1. The molecule has 1 aliphatic carbocycles. The van der Waals surface area contributed by atoms with Crippen LogP contribution in [-0.4, -0.2) is 25.5 Å². The van der Waals surface area contributed by atoms with E-state index < -0.39 is 0 Å². The van der Waals surface area contributed by atoms with Gasteiger partial charge in [0.1, 0.15) is 0 Å². The van der Waals surface area contributed by atoms with Crippen molar-refractivity contribution in [2.45, 2.75) is 25.7 Å². The van der Waals surface area contributed by atoms with Crippen LogP contribution in [0.2, 0.25) is 5.02 Å². The van der Waals surface area contributed by atoms with Gasteiger partial charge in [0.05, 0.1) is 28.8 Å². The summed E-state index contributed by atoms with van der Waals surface area (Å²) in [7, 11) is 0. The molecule has 0 atom stereocenters. The minimum atomic E-state index is -0.209. The average molecular weight is 418 g/mol. The molecule has 2 aromatic carbocycles. The first-order chi connectivity index (χ1) is 14.6. The maximum atomic E-state index is 13.0. The molecule has 1 N–H and O–H groups in total. The molecule has 30 heavy (non-hydrogen) atoms. The predicted octanol–water partition coefficient (Wildman–Crippen LogP) is 5.15. The molecule has 6 nitrogen and oxygen atoms in total. The Morgan fingerprint density at radius 3 is 2.63 bits per heavy atom. The van der Waals surface area contributed by atoms with Crippen LogP contribution < -0.4 is 5.32 Å². The molecule has 1 fully saturated rings. The van der Waals surface area contributed by atoms with Gasteiger partial charge in [0, 0.05) is 23.2 Å². The van der Waals surface area contributed by atoms with Gasteiger partial charge in [-0.25, -0.2) is 9.36 Å². The van der Waals surface area contributed by atoms with Gasteiger partial charge in [0.15, 0.2) is 5.82 Å². The minimum absolute atomic E-state index is 0.209. The van der Waals surface area contributed by atoms with E-state index in [4.69, 9.17) is 11.6 Å². The first kappa shape index (κ1) is 18.6. The molecule has 0 unspecified atom stereocenters. The molecule has 0 bridgehead atoms. The third kappa shape index (κ3) is 3.50. The summed E-state index contributed by atoms with van der Waals surface area (Å²) in [6.45, 7) is 1.96. The fourth-order valence-electron chi connectivity index (χ4n) is 3.50. The van der Waals surface area contributed by atoms with Crippen LogP contribution in [0, 0.1) is 6.92 Å². The Bertz CT molecular complexity index is 1220. The Kier molecular flexibility index (Phi) is 4.64. The second kappa shape index (κ2) is 7.46. The van der Waals surface area contributed by atoms with Gasteiger partial charge >= 0.3 is 0 Å². The fourth-order valence-corrected chi connectivity index (χ4v) is 3.68. The van der Waals surface area contributed by atoms with E-state index in [1.54, 1.807) is 16.9 Å². The third-order valence-electron chi connectivity index (χ3n) is 5.27. The highest BCUT2D eigenvalue weighted by atomic mass is 35.5. The van der Waals surface area contributed by atoms with Gasteiger partial charge in [0.2, 0.25) is 0 Å². The monoisotopic (exact) mass is 417 g/mol. The van der Waals surface area contributed by atoms with Gasteiger partial charge in [-0.05, 0) is 49.6 Å². The minimum Gasteiger partial charge on any atom is -0.305 e. The van der Waals surface area contributed by atoms with Crippen molar-refractivity contribution in [1.29, 1.82) is 0 Å². The SMILES string of the molecule is Cc1ccc(-n2ncc(C(=O)Nc3ccn(-c4ccccc4)n3)c2C2CC2)cc1Cl. The Balaban J connectivity index is 1.43. The van der Waals surface area contributed by atoms with E-state index in [-0.39, 0.29) is 5.91 Å². The zero-order valence-corrected chi connectivity index (χ0v) is 17.2. The Morgan fingerprint density at radius 2 is 1.90 bits per heavy atom. The molecule has 2 aromatic heterocycles. The van der Waals surface area contributed by atoms with E-state index in [0.29, 0.717) is 22.3 Å². The summed E-state index contributed by atoms with van der Waals surface area (Å²) in [6, 6.07) is 17.4. The highest BCUT2D eigenvalue weighted by Gasteiger charge is 2.33. The van der Waals surface area contributed by atoms with E-state index in [1.807, 2.05) is 66.3 Å². The lowest BCUT2D eigenvalue weighted by Crippen LogP contribution is -2.15. The fraction of sp³-hybridized carbons (Fsp3) is 0.174. The number of nitrogens with zero attached hydrogens (tertiary/aromatic N) is 4. The van der Waals surface area contributed by atoms with Crippen LogP contribution in [0.3, 0.4) is 0 Å². The summed E-state index contributed by atoms with van der Waals surface area (Å²) in [5.41, 5.74) is 4.30. The molecule has 7 heteroatoms.